The number of carbonyl (C=O) groups is 1. The van der Waals surface area contributed by atoms with E-state index in [1.807, 2.05) is 10.8 Å². The van der Waals surface area contributed by atoms with Crippen molar-refractivity contribution in [2.24, 2.45) is 0 Å². The largest absolute Gasteiger partial charge is 0.391 e. The fourth-order valence-electron chi connectivity index (χ4n) is 3.73. The minimum Gasteiger partial charge on any atom is -0.391 e. The number of imidazole rings is 1. The lowest BCUT2D eigenvalue weighted by Crippen LogP contribution is -2.32. The Morgan fingerprint density at radius 1 is 1.33 bits per heavy atom. The molecule has 126 valence electrons. The smallest absolute Gasteiger partial charge is 0.274 e. The van der Waals surface area contributed by atoms with Gasteiger partial charge in [0.25, 0.3) is 5.91 Å². The minimum absolute atomic E-state index is 0.192. The van der Waals surface area contributed by atoms with Gasteiger partial charge in [0, 0.05) is 25.7 Å². The summed E-state index contributed by atoms with van der Waals surface area (Å²) in [6.07, 6.45) is 4.72. The van der Waals surface area contributed by atoms with Crippen molar-refractivity contribution in [3.8, 4) is 0 Å². The lowest BCUT2D eigenvalue weighted by atomic mass is 10.0. The summed E-state index contributed by atoms with van der Waals surface area (Å²) in [5.74, 6) is 0.424. The second-order valence-corrected chi connectivity index (χ2v) is 6.61. The minimum atomic E-state index is -0.598. The molecule has 0 spiro atoms. The Kier molecular flexibility index (Phi) is 3.84. The number of nitrogens with zero attached hydrogens (tertiary/aromatic N) is 3. The molecule has 1 N–H and O–H groups in total. The molecule has 0 aliphatic carbocycles. The molecular weight excluding hydrogens is 309 g/mol. The van der Waals surface area contributed by atoms with Gasteiger partial charge in [0.1, 0.15) is 17.3 Å². The first kappa shape index (κ1) is 15.3. The van der Waals surface area contributed by atoms with Crippen LogP contribution in [0.15, 0.2) is 30.5 Å². The number of hydrogen-bond donors (Lipinski definition) is 1. The summed E-state index contributed by atoms with van der Waals surface area (Å²) >= 11 is 0. The predicted molar refractivity (Wildman–Crippen MR) is 86.0 cm³/mol. The van der Waals surface area contributed by atoms with Gasteiger partial charge in [0.05, 0.1) is 12.1 Å². The molecule has 2 aliphatic heterocycles. The Balaban J connectivity index is 1.63. The van der Waals surface area contributed by atoms with E-state index in [0.29, 0.717) is 17.7 Å². The van der Waals surface area contributed by atoms with Crippen LogP contribution in [0.5, 0.6) is 0 Å². The highest BCUT2D eigenvalue weighted by Gasteiger charge is 2.37. The van der Waals surface area contributed by atoms with Crippen molar-refractivity contribution in [2.75, 3.05) is 6.54 Å². The van der Waals surface area contributed by atoms with Crippen molar-refractivity contribution in [1.29, 1.82) is 0 Å². The highest BCUT2D eigenvalue weighted by molar-refractivity contribution is 5.92. The van der Waals surface area contributed by atoms with Gasteiger partial charge in [-0.25, -0.2) is 9.37 Å². The number of aryl methyl sites for hydroxylation is 2. The third kappa shape index (κ3) is 2.71. The van der Waals surface area contributed by atoms with Crippen molar-refractivity contribution >= 4 is 5.91 Å². The fraction of sp³-hybridized carbons (Fsp3) is 0.444. The van der Waals surface area contributed by atoms with E-state index < -0.39 is 6.10 Å². The van der Waals surface area contributed by atoms with Crippen molar-refractivity contribution < 1.29 is 14.3 Å². The van der Waals surface area contributed by atoms with Crippen molar-refractivity contribution in [3.63, 3.8) is 0 Å². The highest BCUT2D eigenvalue weighted by atomic mass is 19.1. The van der Waals surface area contributed by atoms with Gasteiger partial charge in [-0.15, -0.1) is 0 Å². The van der Waals surface area contributed by atoms with E-state index in [2.05, 4.69) is 4.98 Å². The summed E-state index contributed by atoms with van der Waals surface area (Å²) in [6.45, 7) is 1.15. The zero-order valence-electron chi connectivity index (χ0n) is 13.4. The van der Waals surface area contributed by atoms with Crippen molar-refractivity contribution in [2.45, 2.75) is 44.4 Å². The molecule has 24 heavy (non-hydrogen) atoms. The number of rotatable bonds is 2. The normalized spacial score (nSPS) is 23.3. The van der Waals surface area contributed by atoms with E-state index in [4.69, 9.17) is 0 Å². The molecule has 1 fully saturated rings. The zero-order valence-corrected chi connectivity index (χ0v) is 13.4. The number of halogens is 1. The van der Waals surface area contributed by atoms with Gasteiger partial charge in [-0.1, -0.05) is 12.1 Å². The maximum Gasteiger partial charge on any atom is 0.274 e. The van der Waals surface area contributed by atoms with Crippen LogP contribution in [-0.2, 0) is 13.0 Å². The van der Waals surface area contributed by atoms with Crippen LogP contribution in [0.1, 0.15) is 47.2 Å². The van der Waals surface area contributed by atoms with Crippen LogP contribution in [0.25, 0.3) is 0 Å². The molecule has 2 atom stereocenters. The number of aromatic nitrogens is 2. The number of benzene rings is 1. The Labute approximate surface area is 139 Å². The first-order valence-corrected chi connectivity index (χ1v) is 8.42. The Hall–Kier alpha value is -2.21. The molecule has 6 heteroatoms. The SMILES string of the molecule is O=C(c1cn2c(n1)CCCC2)N1C[C@@H](O)C[C@H]1c1cccc(F)c1. The standard InChI is InChI=1S/C18H20FN3O2/c19-13-5-3-4-12(8-13)16-9-14(23)10-22(16)18(24)15-11-21-7-2-1-6-17(21)20-15/h3-5,8,11,14,16,23H,1-2,6-7,9-10H2/t14-,16-/m0/s1. The number of hydrogen-bond acceptors (Lipinski definition) is 3. The van der Waals surface area contributed by atoms with Crippen molar-refractivity contribution in [1.82, 2.24) is 14.5 Å². The first-order chi connectivity index (χ1) is 11.6. The molecule has 0 bridgehead atoms. The van der Waals surface area contributed by atoms with E-state index in [1.165, 1.54) is 12.1 Å². The number of aliphatic hydroxyl groups excluding tert-OH is 1. The third-order valence-electron chi connectivity index (χ3n) is 4.90. The molecule has 0 unspecified atom stereocenters. The van der Waals surface area contributed by atoms with Gasteiger partial charge < -0.3 is 14.6 Å². The number of fused-ring (bicyclic) bond motifs is 1. The highest BCUT2D eigenvalue weighted by Crippen LogP contribution is 2.33. The number of carbonyl (C=O) groups excluding carboxylic acids is 1. The fourth-order valence-corrected chi connectivity index (χ4v) is 3.73. The van der Waals surface area contributed by atoms with Crippen LogP contribution in [0, 0.1) is 5.82 Å². The maximum atomic E-state index is 13.5. The first-order valence-electron chi connectivity index (χ1n) is 8.42. The van der Waals surface area contributed by atoms with Crippen LogP contribution >= 0.6 is 0 Å². The zero-order chi connectivity index (χ0) is 16.7. The summed E-state index contributed by atoms with van der Waals surface area (Å²) in [5.41, 5.74) is 1.13. The summed E-state index contributed by atoms with van der Waals surface area (Å²) in [7, 11) is 0. The third-order valence-corrected chi connectivity index (χ3v) is 4.90. The molecule has 1 saturated heterocycles. The van der Waals surface area contributed by atoms with Gasteiger partial charge in [0.15, 0.2) is 0 Å². The monoisotopic (exact) mass is 329 g/mol. The number of amides is 1. The molecule has 2 aliphatic rings. The average Bonchev–Trinajstić information content (AvgIpc) is 3.17. The van der Waals surface area contributed by atoms with Crippen LogP contribution in [0.4, 0.5) is 4.39 Å². The van der Waals surface area contributed by atoms with Gasteiger partial charge in [-0.05, 0) is 37.0 Å². The van der Waals surface area contributed by atoms with Crippen LogP contribution in [-0.4, -0.2) is 38.1 Å². The van der Waals surface area contributed by atoms with Crippen molar-refractivity contribution in [3.05, 3.63) is 53.4 Å². The average molecular weight is 329 g/mol. The molecular formula is C18H20FN3O2. The van der Waals surface area contributed by atoms with Gasteiger partial charge >= 0.3 is 0 Å². The molecule has 1 aromatic carbocycles. The molecule has 5 nitrogen and oxygen atoms in total. The quantitative estimate of drug-likeness (QED) is 0.920. The Morgan fingerprint density at radius 2 is 2.21 bits per heavy atom. The summed E-state index contributed by atoms with van der Waals surface area (Å²) in [6, 6.07) is 5.92. The molecule has 0 radical (unpaired) electrons. The molecule has 2 aromatic rings. The number of likely N-dealkylation sites (tertiary alicyclic amines) is 1. The maximum absolute atomic E-state index is 13.5. The predicted octanol–water partition coefficient (Wildman–Crippen LogP) is 2.31. The molecule has 1 aromatic heterocycles. The van der Waals surface area contributed by atoms with Crippen LogP contribution in [0.2, 0.25) is 0 Å². The van der Waals surface area contributed by atoms with Gasteiger partial charge in [-0.3, -0.25) is 4.79 Å². The van der Waals surface area contributed by atoms with Gasteiger partial charge in [0.2, 0.25) is 0 Å². The van der Waals surface area contributed by atoms with E-state index >= 15 is 0 Å². The summed E-state index contributed by atoms with van der Waals surface area (Å²) < 4.78 is 15.6. The van der Waals surface area contributed by atoms with Crippen LogP contribution < -0.4 is 0 Å². The lowest BCUT2D eigenvalue weighted by Gasteiger charge is -2.24. The van der Waals surface area contributed by atoms with E-state index in [1.54, 1.807) is 17.0 Å². The van der Waals surface area contributed by atoms with Gasteiger partial charge in [-0.2, -0.15) is 0 Å². The van der Waals surface area contributed by atoms with E-state index in [-0.39, 0.29) is 24.3 Å². The summed E-state index contributed by atoms with van der Waals surface area (Å²) in [5, 5.41) is 10.0. The molecule has 0 saturated carbocycles. The Bertz CT molecular complexity index is 750. The second-order valence-electron chi connectivity index (χ2n) is 6.61. The molecule has 3 heterocycles. The molecule has 4 rings (SSSR count). The Morgan fingerprint density at radius 3 is 3.00 bits per heavy atom. The van der Waals surface area contributed by atoms with E-state index in [0.717, 1.165) is 31.6 Å². The number of aliphatic hydroxyl groups is 1. The second kappa shape index (κ2) is 6.02. The van der Waals surface area contributed by atoms with E-state index in [9.17, 15) is 14.3 Å². The molecule has 1 amide bonds. The number of β-amino-alcohol motifs (C(OH)–C–C–N with tert-alkyl or cyclic N) is 1. The summed E-state index contributed by atoms with van der Waals surface area (Å²) in [4.78, 5) is 19.0. The van der Waals surface area contributed by atoms with Crippen LogP contribution in [0.3, 0.4) is 0 Å². The lowest BCUT2D eigenvalue weighted by molar-refractivity contribution is 0.0710. The topological polar surface area (TPSA) is 58.4 Å².